The summed E-state index contributed by atoms with van der Waals surface area (Å²) in [4.78, 5) is 15.8. The molecule has 0 aromatic carbocycles. The zero-order valence-corrected chi connectivity index (χ0v) is 10.6. The molecule has 0 spiro atoms. The van der Waals surface area contributed by atoms with E-state index in [1.165, 1.54) is 12.7 Å². The average Bonchev–Trinajstić information content (AvgIpc) is 2.82. The van der Waals surface area contributed by atoms with E-state index >= 15 is 0 Å². The Morgan fingerprint density at radius 1 is 1.44 bits per heavy atom. The Bertz CT molecular complexity index is 370. The van der Waals surface area contributed by atoms with E-state index in [9.17, 15) is 4.79 Å². The van der Waals surface area contributed by atoms with Gasteiger partial charge in [0.15, 0.2) is 0 Å². The van der Waals surface area contributed by atoms with Crippen molar-refractivity contribution in [1.29, 1.82) is 0 Å². The maximum absolute atomic E-state index is 11.8. The lowest BCUT2D eigenvalue weighted by Crippen LogP contribution is -2.46. The van der Waals surface area contributed by atoms with Gasteiger partial charge in [0.2, 0.25) is 5.91 Å². The molecule has 0 aliphatic heterocycles. The number of hydrogen-bond donors (Lipinski definition) is 3. The van der Waals surface area contributed by atoms with Crippen molar-refractivity contribution in [3.63, 3.8) is 0 Å². The van der Waals surface area contributed by atoms with Crippen molar-refractivity contribution in [2.75, 3.05) is 6.54 Å². The highest BCUT2D eigenvalue weighted by molar-refractivity contribution is 5.77. The van der Waals surface area contributed by atoms with Gasteiger partial charge in [-0.15, -0.1) is 0 Å². The van der Waals surface area contributed by atoms with E-state index in [-0.39, 0.29) is 11.4 Å². The minimum Gasteiger partial charge on any atom is -0.356 e. The van der Waals surface area contributed by atoms with Gasteiger partial charge in [0.25, 0.3) is 0 Å². The van der Waals surface area contributed by atoms with E-state index in [4.69, 9.17) is 5.73 Å². The Balaban J connectivity index is 1.68. The zero-order valence-electron chi connectivity index (χ0n) is 10.6. The summed E-state index contributed by atoms with van der Waals surface area (Å²) in [7, 11) is 0. The predicted molar refractivity (Wildman–Crippen MR) is 67.7 cm³/mol. The van der Waals surface area contributed by atoms with E-state index in [0.717, 1.165) is 31.5 Å². The maximum Gasteiger partial charge on any atom is 0.221 e. The maximum atomic E-state index is 11.8. The summed E-state index contributed by atoms with van der Waals surface area (Å²) in [5.74, 6) is 0.828. The van der Waals surface area contributed by atoms with Crippen molar-refractivity contribution in [3.8, 4) is 0 Å². The Labute approximate surface area is 107 Å². The fourth-order valence-corrected chi connectivity index (χ4v) is 2.49. The molecule has 2 rings (SSSR count). The van der Waals surface area contributed by atoms with E-state index in [2.05, 4.69) is 20.5 Å². The second-order valence-corrected chi connectivity index (χ2v) is 5.13. The molecular formula is C12H21N5O. The second kappa shape index (κ2) is 5.95. The molecule has 6 heteroatoms. The third kappa shape index (κ3) is 3.80. The highest BCUT2D eigenvalue weighted by Crippen LogP contribution is 2.28. The summed E-state index contributed by atoms with van der Waals surface area (Å²) in [6.07, 6.45) is 8.02. The zero-order chi connectivity index (χ0) is 12.8. The van der Waals surface area contributed by atoms with Crippen LogP contribution in [0, 0.1) is 0 Å². The van der Waals surface area contributed by atoms with Crippen LogP contribution in [-0.4, -0.2) is 33.2 Å². The Kier molecular flexibility index (Phi) is 4.30. The monoisotopic (exact) mass is 251 g/mol. The number of aromatic nitrogens is 3. The molecule has 0 radical (unpaired) electrons. The van der Waals surface area contributed by atoms with Crippen LogP contribution in [0.5, 0.6) is 0 Å². The van der Waals surface area contributed by atoms with Gasteiger partial charge in [-0.05, 0) is 12.8 Å². The molecule has 4 N–H and O–H groups in total. The molecule has 0 unspecified atom stereocenters. The number of aromatic amines is 1. The molecule has 1 heterocycles. The summed E-state index contributed by atoms with van der Waals surface area (Å²) in [6, 6.07) is 0. The number of nitrogens with two attached hydrogens (primary N) is 1. The van der Waals surface area contributed by atoms with Gasteiger partial charge in [-0.1, -0.05) is 19.3 Å². The SMILES string of the molecule is NC1(CC(=O)NCCc2ncn[nH]2)CCCCC1. The van der Waals surface area contributed by atoms with Gasteiger partial charge in [-0.3, -0.25) is 9.89 Å². The lowest BCUT2D eigenvalue weighted by atomic mass is 9.80. The summed E-state index contributed by atoms with van der Waals surface area (Å²) in [5.41, 5.74) is 5.95. The molecule has 18 heavy (non-hydrogen) atoms. The van der Waals surface area contributed by atoms with Gasteiger partial charge in [0.1, 0.15) is 12.2 Å². The summed E-state index contributed by atoms with van der Waals surface area (Å²) < 4.78 is 0. The van der Waals surface area contributed by atoms with Gasteiger partial charge >= 0.3 is 0 Å². The Morgan fingerprint density at radius 2 is 2.22 bits per heavy atom. The van der Waals surface area contributed by atoms with E-state index in [1.54, 1.807) is 0 Å². The van der Waals surface area contributed by atoms with Crippen LogP contribution >= 0.6 is 0 Å². The lowest BCUT2D eigenvalue weighted by Gasteiger charge is -2.32. The van der Waals surface area contributed by atoms with Gasteiger partial charge in [-0.25, -0.2) is 4.98 Å². The first-order valence-corrected chi connectivity index (χ1v) is 6.58. The van der Waals surface area contributed by atoms with Crippen molar-refractivity contribution in [2.24, 2.45) is 5.73 Å². The van der Waals surface area contributed by atoms with Crippen LogP contribution in [0.4, 0.5) is 0 Å². The third-order valence-electron chi connectivity index (χ3n) is 3.51. The number of nitrogens with one attached hydrogen (secondary N) is 2. The Morgan fingerprint density at radius 3 is 2.89 bits per heavy atom. The van der Waals surface area contributed by atoms with Crippen molar-refractivity contribution >= 4 is 5.91 Å². The number of carbonyl (C=O) groups is 1. The molecular weight excluding hydrogens is 230 g/mol. The Hall–Kier alpha value is -1.43. The van der Waals surface area contributed by atoms with Crippen LogP contribution in [0.3, 0.4) is 0 Å². The molecule has 1 aromatic rings. The molecule has 1 saturated carbocycles. The fraction of sp³-hybridized carbons (Fsp3) is 0.750. The fourth-order valence-electron chi connectivity index (χ4n) is 2.49. The number of carbonyl (C=O) groups excluding carboxylic acids is 1. The molecule has 0 bridgehead atoms. The molecule has 1 aromatic heterocycles. The summed E-state index contributed by atoms with van der Waals surface area (Å²) >= 11 is 0. The van der Waals surface area contributed by atoms with Crippen LogP contribution in [0.1, 0.15) is 44.3 Å². The van der Waals surface area contributed by atoms with E-state index in [0.29, 0.717) is 19.4 Å². The summed E-state index contributed by atoms with van der Waals surface area (Å²) in [6.45, 7) is 0.574. The van der Waals surface area contributed by atoms with Crippen LogP contribution in [0.2, 0.25) is 0 Å². The number of H-pyrrole nitrogens is 1. The van der Waals surface area contributed by atoms with Crippen molar-refractivity contribution < 1.29 is 4.79 Å². The average molecular weight is 251 g/mol. The molecule has 100 valence electrons. The lowest BCUT2D eigenvalue weighted by molar-refractivity contribution is -0.122. The molecule has 1 aliphatic carbocycles. The smallest absolute Gasteiger partial charge is 0.221 e. The molecule has 6 nitrogen and oxygen atoms in total. The summed E-state index contributed by atoms with van der Waals surface area (Å²) in [5, 5.41) is 9.41. The van der Waals surface area contributed by atoms with Crippen LogP contribution < -0.4 is 11.1 Å². The van der Waals surface area contributed by atoms with E-state index in [1.807, 2.05) is 0 Å². The minimum atomic E-state index is -0.283. The van der Waals surface area contributed by atoms with Crippen LogP contribution in [0.15, 0.2) is 6.33 Å². The molecule has 0 atom stereocenters. The number of nitrogens with zero attached hydrogens (tertiary/aromatic N) is 2. The topological polar surface area (TPSA) is 96.7 Å². The molecule has 0 saturated heterocycles. The molecule has 1 amide bonds. The normalized spacial score (nSPS) is 18.5. The second-order valence-electron chi connectivity index (χ2n) is 5.13. The highest BCUT2D eigenvalue weighted by atomic mass is 16.1. The van der Waals surface area contributed by atoms with Crippen molar-refractivity contribution in [2.45, 2.75) is 50.5 Å². The predicted octanol–water partition coefficient (Wildman–Crippen LogP) is 0.515. The number of amides is 1. The standard InChI is InChI=1S/C12H21N5O/c13-12(5-2-1-3-6-12)8-11(18)14-7-4-10-15-9-16-17-10/h9H,1-8,13H2,(H,14,18)(H,15,16,17). The van der Waals surface area contributed by atoms with Gasteiger partial charge in [0.05, 0.1) is 0 Å². The third-order valence-corrected chi connectivity index (χ3v) is 3.51. The van der Waals surface area contributed by atoms with Crippen molar-refractivity contribution in [1.82, 2.24) is 20.5 Å². The van der Waals surface area contributed by atoms with Crippen LogP contribution in [0.25, 0.3) is 0 Å². The first-order valence-electron chi connectivity index (χ1n) is 6.58. The van der Waals surface area contributed by atoms with Gasteiger partial charge in [0, 0.05) is 24.9 Å². The first kappa shape index (κ1) is 13.0. The van der Waals surface area contributed by atoms with E-state index < -0.39 is 0 Å². The quantitative estimate of drug-likeness (QED) is 0.710. The largest absolute Gasteiger partial charge is 0.356 e. The number of rotatable bonds is 5. The molecule has 1 fully saturated rings. The molecule has 1 aliphatic rings. The number of hydrogen-bond acceptors (Lipinski definition) is 4. The van der Waals surface area contributed by atoms with Gasteiger partial charge in [-0.2, -0.15) is 5.10 Å². The highest BCUT2D eigenvalue weighted by Gasteiger charge is 2.29. The minimum absolute atomic E-state index is 0.0407. The van der Waals surface area contributed by atoms with Crippen LogP contribution in [-0.2, 0) is 11.2 Å². The van der Waals surface area contributed by atoms with Crippen molar-refractivity contribution in [3.05, 3.63) is 12.2 Å². The first-order chi connectivity index (χ1) is 8.68. The van der Waals surface area contributed by atoms with Gasteiger partial charge < -0.3 is 11.1 Å².